The predicted octanol–water partition coefficient (Wildman–Crippen LogP) is 2.24. The number of amides is 1. The second-order valence-electron chi connectivity index (χ2n) is 6.58. The SMILES string of the molecule is Cl.NC[C@H]1CC[C@@H](C(=O)Nc2ccc(OC3CCCCC3O)cc2)O1. The third-order valence-corrected chi connectivity index (χ3v) is 4.74. The van der Waals surface area contributed by atoms with Crippen LogP contribution in [0, 0.1) is 0 Å². The maximum Gasteiger partial charge on any atom is 0.253 e. The first-order valence-electron chi connectivity index (χ1n) is 8.77. The minimum Gasteiger partial charge on any atom is -0.488 e. The monoisotopic (exact) mass is 370 g/mol. The fraction of sp³-hybridized carbons (Fsp3) is 0.611. The third kappa shape index (κ3) is 5.31. The highest BCUT2D eigenvalue weighted by molar-refractivity contribution is 5.94. The van der Waals surface area contributed by atoms with Crippen LogP contribution in [-0.4, -0.2) is 42.0 Å². The number of carbonyl (C=O) groups is 1. The number of benzene rings is 1. The molecule has 0 bridgehead atoms. The van der Waals surface area contributed by atoms with Crippen LogP contribution in [0.3, 0.4) is 0 Å². The van der Waals surface area contributed by atoms with Crippen molar-refractivity contribution in [2.24, 2.45) is 5.73 Å². The Labute approximate surface area is 154 Å². The molecular formula is C18H27ClN2O4. The molecule has 3 rings (SSSR count). The molecule has 1 aromatic rings. The molecule has 0 aromatic heterocycles. The Hall–Kier alpha value is -1.34. The first-order chi connectivity index (χ1) is 11.7. The van der Waals surface area contributed by atoms with E-state index in [1.54, 1.807) is 12.1 Å². The number of hydrogen-bond donors (Lipinski definition) is 3. The molecule has 1 heterocycles. The van der Waals surface area contributed by atoms with Crippen LogP contribution < -0.4 is 15.8 Å². The Bertz CT molecular complexity index is 555. The normalized spacial score (nSPS) is 28.9. The van der Waals surface area contributed by atoms with Crippen molar-refractivity contribution in [2.75, 3.05) is 11.9 Å². The van der Waals surface area contributed by atoms with Gasteiger partial charge in [0.25, 0.3) is 5.91 Å². The highest BCUT2D eigenvalue weighted by Gasteiger charge is 2.30. The summed E-state index contributed by atoms with van der Waals surface area (Å²) in [6, 6.07) is 7.24. The van der Waals surface area contributed by atoms with Gasteiger partial charge < -0.3 is 25.6 Å². The number of carbonyl (C=O) groups excluding carboxylic acids is 1. The molecular weight excluding hydrogens is 344 g/mol. The Kier molecular flexibility index (Phi) is 7.50. The van der Waals surface area contributed by atoms with Gasteiger partial charge in [0.15, 0.2) is 0 Å². The van der Waals surface area contributed by atoms with Crippen LogP contribution in [0.25, 0.3) is 0 Å². The average molecular weight is 371 g/mol. The van der Waals surface area contributed by atoms with Gasteiger partial charge in [-0.25, -0.2) is 0 Å². The molecule has 4 atom stereocenters. The third-order valence-electron chi connectivity index (χ3n) is 4.74. The van der Waals surface area contributed by atoms with Gasteiger partial charge in [0, 0.05) is 12.2 Å². The number of nitrogens with one attached hydrogen (secondary N) is 1. The molecule has 2 aliphatic rings. The Morgan fingerprint density at radius 1 is 1.20 bits per heavy atom. The summed E-state index contributed by atoms with van der Waals surface area (Å²) in [5.74, 6) is 0.571. The van der Waals surface area contributed by atoms with Gasteiger partial charge in [-0.3, -0.25) is 4.79 Å². The molecule has 1 aliphatic carbocycles. The van der Waals surface area contributed by atoms with Crippen LogP contribution in [0.2, 0.25) is 0 Å². The summed E-state index contributed by atoms with van der Waals surface area (Å²) in [5.41, 5.74) is 6.27. The van der Waals surface area contributed by atoms with Crippen molar-refractivity contribution in [3.8, 4) is 5.75 Å². The summed E-state index contributed by atoms with van der Waals surface area (Å²) < 4.78 is 11.4. The van der Waals surface area contributed by atoms with E-state index in [1.807, 2.05) is 12.1 Å². The molecule has 4 N–H and O–H groups in total. The number of hydrogen-bond acceptors (Lipinski definition) is 5. The Balaban J connectivity index is 0.00000225. The van der Waals surface area contributed by atoms with Gasteiger partial charge in [0.05, 0.1) is 12.2 Å². The largest absolute Gasteiger partial charge is 0.488 e. The molecule has 2 fully saturated rings. The molecule has 1 saturated carbocycles. The second kappa shape index (κ2) is 9.38. The molecule has 2 unspecified atom stereocenters. The van der Waals surface area contributed by atoms with Crippen molar-refractivity contribution in [3.05, 3.63) is 24.3 Å². The topological polar surface area (TPSA) is 93.8 Å². The summed E-state index contributed by atoms with van der Waals surface area (Å²) >= 11 is 0. The van der Waals surface area contributed by atoms with Crippen molar-refractivity contribution in [3.63, 3.8) is 0 Å². The molecule has 1 saturated heterocycles. The van der Waals surface area contributed by atoms with Gasteiger partial charge >= 0.3 is 0 Å². The highest BCUT2D eigenvalue weighted by atomic mass is 35.5. The van der Waals surface area contributed by atoms with E-state index >= 15 is 0 Å². The van der Waals surface area contributed by atoms with Gasteiger partial charge in [0.2, 0.25) is 0 Å². The van der Waals surface area contributed by atoms with Gasteiger partial charge in [-0.15, -0.1) is 12.4 Å². The number of aliphatic hydroxyl groups excluding tert-OH is 1. The number of halogens is 1. The molecule has 1 aromatic carbocycles. The summed E-state index contributed by atoms with van der Waals surface area (Å²) in [7, 11) is 0. The lowest BCUT2D eigenvalue weighted by atomic mass is 9.95. The Morgan fingerprint density at radius 3 is 2.56 bits per heavy atom. The van der Waals surface area contributed by atoms with Crippen molar-refractivity contribution < 1.29 is 19.4 Å². The van der Waals surface area contributed by atoms with E-state index in [4.69, 9.17) is 15.2 Å². The summed E-state index contributed by atoms with van der Waals surface area (Å²) in [5, 5.41) is 12.8. The minimum atomic E-state index is -0.424. The molecule has 0 radical (unpaired) electrons. The van der Waals surface area contributed by atoms with Crippen molar-refractivity contribution in [1.29, 1.82) is 0 Å². The van der Waals surface area contributed by atoms with E-state index < -0.39 is 12.2 Å². The van der Waals surface area contributed by atoms with Crippen LogP contribution in [0.1, 0.15) is 38.5 Å². The number of anilines is 1. The van der Waals surface area contributed by atoms with Crippen molar-refractivity contribution in [2.45, 2.75) is 62.9 Å². The lowest BCUT2D eigenvalue weighted by molar-refractivity contribution is -0.126. The second-order valence-corrected chi connectivity index (χ2v) is 6.58. The Morgan fingerprint density at radius 2 is 1.92 bits per heavy atom. The fourth-order valence-electron chi connectivity index (χ4n) is 3.30. The zero-order chi connectivity index (χ0) is 16.9. The first-order valence-corrected chi connectivity index (χ1v) is 8.77. The first kappa shape index (κ1) is 20.0. The van der Waals surface area contributed by atoms with Crippen LogP contribution >= 0.6 is 12.4 Å². The van der Waals surface area contributed by atoms with Crippen molar-refractivity contribution >= 4 is 24.0 Å². The van der Waals surface area contributed by atoms with E-state index in [-0.39, 0.29) is 30.5 Å². The molecule has 140 valence electrons. The van der Waals surface area contributed by atoms with Crippen molar-refractivity contribution in [1.82, 2.24) is 0 Å². The zero-order valence-electron chi connectivity index (χ0n) is 14.2. The van der Waals surface area contributed by atoms with E-state index in [0.717, 1.165) is 32.1 Å². The van der Waals surface area contributed by atoms with Gasteiger partial charge in [-0.05, 0) is 56.4 Å². The van der Waals surface area contributed by atoms with E-state index in [9.17, 15) is 9.90 Å². The molecule has 7 heteroatoms. The summed E-state index contributed by atoms with van der Waals surface area (Å²) in [4.78, 5) is 12.2. The van der Waals surface area contributed by atoms with Crippen LogP contribution in [0.5, 0.6) is 5.75 Å². The zero-order valence-corrected chi connectivity index (χ0v) is 15.0. The predicted molar refractivity (Wildman–Crippen MR) is 98.2 cm³/mol. The molecule has 25 heavy (non-hydrogen) atoms. The van der Waals surface area contributed by atoms with E-state index in [1.165, 1.54) is 0 Å². The lowest BCUT2D eigenvalue weighted by Crippen LogP contribution is -2.34. The average Bonchev–Trinajstić information content (AvgIpc) is 3.08. The van der Waals surface area contributed by atoms with Gasteiger partial charge in [0.1, 0.15) is 18.0 Å². The number of nitrogens with two attached hydrogens (primary N) is 1. The van der Waals surface area contributed by atoms with Crippen LogP contribution in [-0.2, 0) is 9.53 Å². The summed E-state index contributed by atoms with van der Waals surface area (Å²) in [6.45, 7) is 0.447. The van der Waals surface area contributed by atoms with Crippen LogP contribution in [0.15, 0.2) is 24.3 Å². The van der Waals surface area contributed by atoms with Gasteiger partial charge in [-0.1, -0.05) is 6.42 Å². The van der Waals surface area contributed by atoms with E-state index in [2.05, 4.69) is 5.32 Å². The quantitative estimate of drug-likeness (QED) is 0.739. The number of ether oxygens (including phenoxy) is 2. The smallest absolute Gasteiger partial charge is 0.253 e. The maximum absolute atomic E-state index is 12.2. The molecule has 1 amide bonds. The lowest BCUT2D eigenvalue weighted by Gasteiger charge is -2.28. The molecule has 1 aliphatic heterocycles. The number of rotatable bonds is 5. The van der Waals surface area contributed by atoms with E-state index in [0.29, 0.717) is 24.4 Å². The van der Waals surface area contributed by atoms with Crippen LogP contribution in [0.4, 0.5) is 5.69 Å². The number of aliphatic hydroxyl groups is 1. The highest BCUT2D eigenvalue weighted by Crippen LogP contribution is 2.25. The maximum atomic E-state index is 12.2. The molecule has 0 spiro atoms. The minimum absolute atomic E-state index is 0. The fourth-order valence-corrected chi connectivity index (χ4v) is 3.30. The molecule has 6 nitrogen and oxygen atoms in total. The summed E-state index contributed by atoms with van der Waals surface area (Å²) in [6.07, 6.45) is 4.36. The van der Waals surface area contributed by atoms with Gasteiger partial charge in [-0.2, -0.15) is 0 Å². The standard InChI is InChI=1S/C18H26N2O4.ClH/c19-11-14-9-10-17(24-14)18(22)20-12-5-7-13(8-6-12)23-16-4-2-1-3-15(16)21;/h5-8,14-17,21H,1-4,9-11,19H2,(H,20,22);1H/t14-,15?,16?,17+;/m1./s1.